The van der Waals surface area contributed by atoms with Gasteiger partial charge >= 0.3 is 0 Å². The summed E-state index contributed by atoms with van der Waals surface area (Å²) in [7, 11) is 0. The fourth-order valence-corrected chi connectivity index (χ4v) is 0.227. The monoisotopic (exact) mass is 99.1 g/mol. The molecule has 0 bridgehead atoms. The normalized spacial score (nSPS) is 7.43. The van der Waals surface area contributed by atoms with Crippen molar-refractivity contribution in [2.24, 2.45) is 0 Å². The number of nitrogens with one attached hydrogen (secondary N) is 2. The molecule has 0 amide bonds. The molecule has 0 unspecified atom stereocenters. The molecule has 0 atom stereocenters. The Balaban J connectivity index is 2.60. The van der Waals surface area contributed by atoms with E-state index in [9.17, 15) is 0 Å². The molecule has 0 aromatic carbocycles. The van der Waals surface area contributed by atoms with Gasteiger partial charge < -0.3 is 0 Å². The fraction of sp³-hybridized carbons (Fsp3) is 0.750. The Morgan fingerprint density at radius 1 is 1.71 bits per heavy atom. The lowest BCUT2D eigenvalue weighted by molar-refractivity contribution is 0.626. The van der Waals surface area contributed by atoms with Crippen molar-refractivity contribution in [2.45, 2.75) is 13.3 Å². The maximum atomic E-state index is 7.87. The topological polar surface area (TPSA) is 47.8 Å². The first-order chi connectivity index (χ1) is 3.41. The Hall–Kier alpha value is -0.750. The van der Waals surface area contributed by atoms with Crippen molar-refractivity contribution in [1.29, 1.82) is 5.26 Å². The summed E-state index contributed by atoms with van der Waals surface area (Å²) < 4.78 is 0. The lowest BCUT2D eigenvalue weighted by atomic mass is 10.5. The third-order valence-electron chi connectivity index (χ3n) is 0.519. The Morgan fingerprint density at radius 3 is 2.86 bits per heavy atom. The van der Waals surface area contributed by atoms with Crippen LogP contribution in [0.15, 0.2) is 0 Å². The van der Waals surface area contributed by atoms with Crippen LogP contribution in [0.5, 0.6) is 0 Å². The smallest absolute Gasteiger partial charge is 0.192 e. The molecule has 7 heavy (non-hydrogen) atoms. The summed E-state index contributed by atoms with van der Waals surface area (Å²) >= 11 is 0. The molecule has 40 valence electrons. The zero-order chi connectivity index (χ0) is 5.54. The average molecular weight is 99.1 g/mol. The largest absolute Gasteiger partial charge is 0.258 e. The van der Waals surface area contributed by atoms with Crippen LogP contribution in [-0.2, 0) is 0 Å². The molecular weight excluding hydrogens is 90.1 g/mol. The van der Waals surface area contributed by atoms with E-state index in [-0.39, 0.29) is 0 Å². The van der Waals surface area contributed by atoms with Crippen molar-refractivity contribution in [2.75, 3.05) is 6.54 Å². The highest BCUT2D eigenvalue weighted by molar-refractivity contribution is 4.58. The molecule has 2 N–H and O–H groups in total. The molecule has 0 aromatic rings. The molecule has 0 heterocycles. The Bertz CT molecular complexity index is 63.8. The van der Waals surface area contributed by atoms with Gasteiger partial charge in [-0.3, -0.25) is 5.43 Å². The first-order valence-corrected chi connectivity index (χ1v) is 2.28. The van der Waals surface area contributed by atoms with Crippen molar-refractivity contribution in [3.8, 4) is 6.19 Å². The van der Waals surface area contributed by atoms with Gasteiger partial charge in [-0.2, -0.15) is 5.26 Å². The summed E-state index contributed by atoms with van der Waals surface area (Å²) in [6.07, 6.45) is 2.78. The van der Waals surface area contributed by atoms with Gasteiger partial charge in [0.1, 0.15) is 0 Å². The number of nitrogens with zero attached hydrogens (tertiary/aromatic N) is 1. The fourth-order valence-electron chi connectivity index (χ4n) is 0.227. The second-order valence-electron chi connectivity index (χ2n) is 1.16. The summed E-state index contributed by atoms with van der Waals surface area (Å²) in [4.78, 5) is 0. The maximum Gasteiger partial charge on any atom is 0.192 e. The number of hydrogen-bond donors (Lipinski definition) is 2. The highest BCUT2D eigenvalue weighted by atomic mass is 15.3. The van der Waals surface area contributed by atoms with Gasteiger partial charge in [0.2, 0.25) is 0 Å². The van der Waals surface area contributed by atoms with Crippen LogP contribution in [0.25, 0.3) is 0 Å². The number of nitriles is 1. The second kappa shape index (κ2) is 5.25. The summed E-state index contributed by atoms with van der Waals surface area (Å²) in [6, 6.07) is 0. The quantitative estimate of drug-likeness (QED) is 0.226. The van der Waals surface area contributed by atoms with Crippen LogP contribution in [0.1, 0.15) is 13.3 Å². The lowest BCUT2D eigenvalue weighted by Gasteiger charge is -1.93. The summed E-state index contributed by atoms with van der Waals surface area (Å²) in [5.41, 5.74) is 4.98. The third-order valence-corrected chi connectivity index (χ3v) is 0.519. The number of hydrazine groups is 1. The van der Waals surface area contributed by atoms with Crippen molar-refractivity contribution in [1.82, 2.24) is 10.9 Å². The molecule has 0 aliphatic rings. The van der Waals surface area contributed by atoms with E-state index >= 15 is 0 Å². The second-order valence-corrected chi connectivity index (χ2v) is 1.16. The first-order valence-electron chi connectivity index (χ1n) is 2.28. The highest BCUT2D eigenvalue weighted by Gasteiger charge is 1.72. The Morgan fingerprint density at radius 2 is 2.43 bits per heavy atom. The van der Waals surface area contributed by atoms with Gasteiger partial charge in [0, 0.05) is 6.54 Å². The van der Waals surface area contributed by atoms with Crippen LogP contribution in [0.3, 0.4) is 0 Å². The van der Waals surface area contributed by atoms with Gasteiger partial charge in [-0.25, -0.2) is 5.43 Å². The summed E-state index contributed by atoms with van der Waals surface area (Å²) in [5.74, 6) is 0. The molecule has 0 fully saturated rings. The standard InChI is InChI=1S/C4H9N3/c1-2-3-6-7-4-5/h6-7H,2-3H2,1H3. The van der Waals surface area contributed by atoms with Crippen molar-refractivity contribution < 1.29 is 0 Å². The van der Waals surface area contributed by atoms with E-state index in [1.54, 1.807) is 6.19 Å². The molecule has 0 saturated heterocycles. The Labute approximate surface area is 43.3 Å². The minimum absolute atomic E-state index is 0.841. The van der Waals surface area contributed by atoms with Crippen molar-refractivity contribution in [3.63, 3.8) is 0 Å². The Kier molecular flexibility index (Phi) is 4.69. The minimum Gasteiger partial charge on any atom is -0.258 e. The SMILES string of the molecule is CCCNNC#N. The number of rotatable bonds is 3. The number of hydrogen-bond acceptors (Lipinski definition) is 3. The molecule has 3 heteroatoms. The van der Waals surface area contributed by atoms with E-state index in [1.165, 1.54) is 0 Å². The summed E-state index contributed by atoms with van der Waals surface area (Å²) in [5, 5.41) is 7.87. The van der Waals surface area contributed by atoms with Crippen LogP contribution in [0.4, 0.5) is 0 Å². The van der Waals surface area contributed by atoms with E-state index in [0.717, 1.165) is 13.0 Å². The molecular formula is C4H9N3. The zero-order valence-corrected chi connectivity index (χ0v) is 4.36. The third kappa shape index (κ3) is 5.25. The highest BCUT2D eigenvalue weighted by Crippen LogP contribution is 1.63. The van der Waals surface area contributed by atoms with Gasteiger partial charge in [0.05, 0.1) is 0 Å². The maximum absolute atomic E-state index is 7.87. The van der Waals surface area contributed by atoms with Crippen LogP contribution in [-0.4, -0.2) is 6.54 Å². The van der Waals surface area contributed by atoms with Crippen molar-refractivity contribution in [3.05, 3.63) is 0 Å². The summed E-state index contributed by atoms with van der Waals surface area (Å²) in [6.45, 7) is 2.87. The van der Waals surface area contributed by atoms with Gasteiger partial charge in [-0.05, 0) is 6.42 Å². The van der Waals surface area contributed by atoms with Crippen LogP contribution in [0, 0.1) is 11.5 Å². The average Bonchev–Trinajstić information content (AvgIpc) is 1.69. The molecule has 0 aliphatic heterocycles. The molecule has 0 spiro atoms. The molecule has 0 radical (unpaired) electrons. The molecule has 3 nitrogen and oxygen atoms in total. The van der Waals surface area contributed by atoms with E-state index < -0.39 is 0 Å². The first kappa shape index (κ1) is 6.25. The van der Waals surface area contributed by atoms with Gasteiger partial charge in [-0.15, -0.1) is 0 Å². The zero-order valence-electron chi connectivity index (χ0n) is 4.36. The molecule has 0 rings (SSSR count). The van der Waals surface area contributed by atoms with E-state index in [1.807, 2.05) is 6.92 Å². The lowest BCUT2D eigenvalue weighted by Crippen LogP contribution is -2.27. The predicted octanol–water partition coefficient (Wildman–Crippen LogP) is -0.0283. The molecule has 0 aromatic heterocycles. The van der Waals surface area contributed by atoms with Gasteiger partial charge in [0.25, 0.3) is 0 Å². The molecule has 0 aliphatic carbocycles. The van der Waals surface area contributed by atoms with E-state index in [2.05, 4.69) is 10.9 Å². The van der Waals surface area contributed by atoms with Gasteiger partial charge in [0.15, 0.2) is 6.19 Å². The van der Waals surface area contributed by atoms with E-state index in [4.69, 9.17) is 5.26 Å². The van der Waals surface area contributed by atoms with Gasteiger partial charge in [-0.1, -0.05) is 6.92 Å². The van der Waals surface area contributed by atoms with E-state index in [0.29, 0.717) is 0 Å². The van der Waals surface area contributed by atoms with Crippen molar-refractivity contribution >= 4 is 0 Å². The molecule has 0 saturated carbocycles. The minimum atomic E-state index is 0.841. The predicted molar refractivity (Wildman–Crippen MR) is 27.0 cm³/mol. The van der Waals surface area contributed by atoms with Crippen LogP contribution in [0.2, 0.25) is 0 Å². The van der Waals surface area contributed by atoms with Crippen LogP contribution < -0.4 is 10.9 Å². The van der Waals surface area contributed by atoms with Crippen LogP contribution >= 0.6 is 0 Å².